The number of rotatable bonds is 3. The molecule has 5 heteroatoms. The highest BCUT2D eigenvalue weighted by molar-refractivity contribution is 5.92. The lowest BCUT2D eigenvalue weighted by atomic mass is 10.1. The first-order valence-corrected chi connectivity index (χ1v) is 6.22. The second-order valence-electron chi connectivity index (χ2n) is 4.70. The van der Waals surface area contributed by atoms with Crippen LogP contribution in [0.4, 0.5) is 0 Å². The Balaban J connectivity index is 2.15. The number of nitrogens with one attached hydrogen (secondary N) is 1. The van der Waals surface area contributed by atoms with Crippen molar-refractivity contribution in [3.8, 4) is 0 Å². The van der Waals surface area contributed by atoms with E-state index in [9.17, 15) is 4.79 Å². The molecule has 2 heterocycles. The molecule has 2 aromatic rings. The minimum atomic E-state index is -0.138. The van der Waals surface area contributed by atoms with E-state index in [4.69, 9.17) is 0 Å². The van der Waals surface area contributed by atoms with E-state index in [1.165, 1.54) is 0 Å². The van der Waals surface area contributed by atoms with Crippen LogP contribution in [0.5, 0.6) is 0 Å². The molecule has 0 spiro atoms. The van der Waals surface area contributed by atoms with Gasteiger partial charge in [0, 0.05) is 13.2 Å². The van der Waals surface area contributed by atoms with Gasteiger partial charge in [-0.3, -0.25) is 14.5 Å². The number of hydrogen-bond acceptors (Lipinski definition) is 3. The van der Waals surface area contributed by atoms with Gasteiger partial charge in [-0.2, -0.15) is 5.10 Å². The molecule has 0 aliphatic heterocycles. The van der Waals surface area contributed by atoms with Gasteiger partial charge in [-0.05, 0) is 38.5 Å². The highest BCUT2D eigenvalue weighted by atomic mass is 16.2. The van der Waals surface area contributed by atoms with Crippen molar-refractivity contribution < 1.29 is 4.79 Å². The summed E-state index contributed by atoms with van der Waals surface area (Å²) >= 11 is 0. The lowest BCUT2D eigenvalue weighted by Gasteiger charge is -2.15. The molecule has 0 saturated heterocycles. The molecule has 0 aromatic carbocycles. The number of amides is 1. The van der Waals surface area contributed by atoms with E-state index < -0.39 is 0 Å². The molecular weight excluding hydrogens is 240 g/mol. The summed E-state index contributed by atoms with van der Waals surface area (Å²) < 4.78 is 1.59. The van der Waals surface area contributed by atoms with E-state index in [2.05, 4.69) is 15.4 Å². The molecule has 0 bridgehead atoms. The number of nitrogens with zero attached hydrogens (tertiary/aromatic N) is 3. The molecule has 5 nitrogen and oxygen atoms in total. The van der Waals surface area contributed by atoms with Crippen molar-refractivity contribution in [1.29, 1.82) is 0 Å². The minimum Gasteiger partial charge on any atom is -0.343 e. The number of pyridine rings is 1. The SMILES string of the molecule is Cc1cc(C(=O)N[C@@H](C)c2ncccc2C)n(C)n1. The Labute approximate surface area is 112 Å². The van der Waals surface area contributed by atoms with Crippen molar-refractivity contribution in [3.63, 3.8) is 0 Å². The molecule has 0 aliphatic rings. The van der Waals surface area contributed by atoms with Gasteiger partial charge in [-0.15, -0.1) is 0 Å². The predicted octanol–water partition coefficient (Wildman–Crippen LogP) is 1.92. The van der Waals surface area contributed by atoms with E-state index in [0.29, 0.717) is 5.69 Å². The fraction of sp³-hybridized carbons (Fsp3) is 0.357. The van der Waals surface area contributed by atoms with Crippen LogP contribution in [-0.2, 0) is 7.05 Å². The molecule has 0 fully saturated rings. The van der Waals surface area contributed by atoms with Crippen LogP contribution in [0.3, 0.4) is 0 Å². The minimum absolute atomic E-state index is 0.135. The van der Waals surface area contributed by atoms with Gasteiger partial charge in [0.25, 0.3) is 5.91 Å². The number of hydrogen-bond donors (Lipinski definition) is 1. The van der Waals surface area contributed by atoms with E-state index >= 15 is 0 Å². The van der Waals surface area contributed by atoms with Gasteiger partial charge in [0.15, 0.2) is 0 Å². The van der Waals surface area contributed by atoms with Crippen LogP contribution in [0, 0.1) is 13.8 Å². The number of aromatic nitrogens is 3. The van der Waals surface area contributed by atoms with Gasteiger partial charge in [0.05, 0.1) is 17.4 Å². The largest absolute Gasteiger partial charge is 0.343 e. The Morgan fingerprint density at radius 1 is 1.42 bits per heavy atom. The molecule has 2 rings (SSSR count). The lowest BCUT2D eigenvalue weighted by Crippen LogP contribution is -2.29. The molecule has 1 N–H and O–H groups in total. The van der Waals surface area contributed by atoms with E-state index in [-0.39, 0.29) is 11.9 Å². The summed E-state index contributed by atoms with van der Waals surface area (Å²) in [5.41, 5.74) is 3.33. The first-order chi connectivity index (χ1) is 8.99. The van der Waals surface area contributed by atoms with Crippen LogP contribution >= 0.6 is 0 Å². The van der Waals surface area contributed by atoms with E-state index in [1.807, 2.05) is 32.9 Å². The third-order valence-electron chi connectivity index (χ3n) is 3.04. The standard InChI is InChI=1S/C14H18N4O/c1-9-6-5-7-15-13(9)11(3)16-14(19)12-8-10(2)17-18(12)4/h5-8,11H,1-4H3,(H,16,19)/t11-/m0/s1. The van der Waals surface area contributed by atoms with Gasteiger partial charge < -0.3 is 5.32 Å². The molecule has 19 heavy (non-hydrogen) atoms. The second-order valence-corrected chi connectivity index (χ2v) is 4.70. The fourth-order valence-electron chi connectivity index (χ4n) is 2.11. The molecule has 0 saturated carbocycles. The van der Waals surface area contributed by atoms with Crippen molar-refractivity contribution in [3.05, 3.63) is 47.0 Å². The number of aryl methyl sites for hydroxylation is 3. The summed E-state index contributed by atoms with van der Waals surface area (Å²) in [7, 11) is 1.76. The third-order valence-corrected chi connectivity index (χ3v) is 3.04. The fourth-order valence-corrected chi connectivity index (χ4v) is 2.11. The van der Waals surface area contributed by atoms with Crippen molar-refractivity contribution in [2.24, 2.45) is 7.05 Å². The average molecular weight is 258 g/mol. The van der Waals surface area contributed by atoms with Crippen molar-refractivity contribution in [2.75, 3.05) is 0 Å². The smallest absolute Gasteiger partial charge is 0.270 e. The van der Waals surface area contributed by atoms with Crippen LogP contribution in [0.1, 0.15) is 40.4 Å². The second kappa shape index (κ2) is 5.22. The van der Waals surface area contributed by atoms with Gasteiger partial charge in [-0.25, -0.2) is 0 Å². The Morgan fingerprint density at radius 3 is 2.74 bits per heavy atom. The topological polar surface area (TPSA) is 59.8 Å². The summed E-state index contributed by atoms with van der Waals surface area (Å²) in [6, 6.07) is 5.51. The zero-order valence-electron chi connectivity index (χ0n) is 11.6. The maximum absolute atomic E-state index is 12.2. The maximum atomic E-state index is 12.2. The highest BCUT2D eigenvalue weighted by Crippen LogP contribution is 2.14. The summed E-state index contributed by atoms with van der Waals surface area (Å²) in [6.07, 6.45) is 1.74. The van der Waals surface area contributed by atoms with Crippen LogP contribution in [0.15, 0.2) is 24.4 Å². The summed E-state index contributed by atoms with van der Waals surface area (Å²) in [5.74, 6) is -0.138. The Kier molecular flexibility index (Phi) is 3.64. The number of carbonyl (C=O) groups is 1. The van der Waals surface area contributed by atoms with Gasteiger partial charge in [-0.1, -0.05) is 6.07 Å². The van der Waals surface area contributed by atoms with Crippen LogP contribution in [-0.4, -0.2) is 20.7 Å². The third kappa shape index (κ3) is 2.81. The zero-order valence-corrected chi connectivity index (χ0v) is 11.6. The molecule has 2 aromatic heterocycles. The summed E-state index contributed by atoms with van der Waals surface area (Å²) in [5, 5.41) is 7.12. The number of carbonyl (C=O) groups excluding carboxylic acids is 1. The van der Waals surface area contributed by atoms with E-state index in [0.717, 1.165) is 17.0 Å². The molecular formula is C14H18N4O. The molecule has 1 amide bonds. The highest BCUT2D eigenvalue weighted by Gasteiger charge is 2.16. The van der Waals surface area contributed by atoms with Crippen LogP contribution < -0.4 is 5.32 Å². The molecule has 0 aliphatic carbocycles. The van der Waals surface area contributed by atoms with Crippen LogP contribution in [0.2, 0.25) is 0 Å². The molecule has 0 unspecified atom stereocenters. The monoisotopic (exact) mass is 258 g/mol. The van der Waals surface area contributed by atoms with Crippen molar-refractivity contribution in [2.45, 2.75) is 26.8 Å². The Bertz CT molecular complexity index is 603. The molecule has 1 atom stereocenters. The zero-order chi connectivity index (χ0) is 14.0. The van der Waals surface area contributed by atoms with Crippen molar-refractivity contribution >= 4 is 5.91 Å². The summed E-state index contributed by atoms with van der Waals surface area (Å²) in [6.45, 7) is 5.78. The predicted molar refractivity (Wildman–Crippen MR) is 72.8 cm³/mol. The maximum Gasteiger partial charge on any atom is 0.270 e. The Hall–Kier alpha value is -2.17. The lowest BCUT2D eigenvalue weighted by molar-refractivity contribution is 0.0929. The molecule has 100 valence electrons. The van der Waals surface area contributed by atoms with Gasteiger partial charge in [0.1, 0.15) is 5.69 Å². The summed E-state index contributed by atoms with van der Waals surface area (Å²) in [4.78, 5) is 16.5. The quantitative estimate of drug-likeness (QED) is 0.915. The van der Waals surface area contributed by atoms with Gasteiger partial charge >= 0.3 is 0 Å². The van der Waals surface area contributed by atoms with E-state index in [1.54, 1.807) is 24.0 Å². The first-order valence-electron chi connectivity index (χ1n) is 6.22. The molecule has 0 radical (unpaired) electrons. The average Bonchev–Trinajstić information content (AvgIpc) is 2.69. The first kappa shape index (κ1) is 13.3. The van der Waals surface area contributed by atoms with Gasteiger partial charge in [0.2, 0.25) is 0 Å². The van der Waals surface area contributed by atoms with Crippen molar-refractivity contribution in [1.82, 2.24) is 20.1 Å². The normalized spacial score (nSPS) is 12.2. The van der Waals surface area contributed by atoms with Crippen LogP contribution in [0.25, 0.3) is 0 Å². The Morgan fingerprint density at radius 2 is 2.16 bits per heavy atom.